The minimum atomic E-state index is -0.467. The SMILES string of the molecule is O=C(COc1ccc(C2CCCCC2)cc1)Nc1ccc(-c2cc3ccccc3oc2=O)c(Cl)c1. The molecule has 0 saturated heterocycles. The number of anilines is 1. The topological polar surface area (TPSA) is 68.5 Å². The van der Waals surface area contributed by atoms with Crippen molar-refractivity contribution in [2.75, 3.05) is 11.9 Å². The van der Waals surface area contributed by atoms with E-state index in [0.717, 1.165) is 5.39 Å². The minimum absolute atomic E-state index is 0.115. The first kappa shape index (κ1) is 23.2. The molecule has 1 aromatic heterocycles. The standard InChI is InChI=1S/C29H26ClNO4/c30-26-17-22(12-15-24(26)25-16-21-8-4-5-9-27(21)35-29(25)33)31-28(32)18-34-23-13-10-20(11-14-23)19-6-2-1-3-7-19/h4-5,8-17,19H,1-3,6-7,18H2,(H,31,32). The third kappa shape index (κ3) is 5.41. The van der Waals surface area contributed by atoms with Crippen LogP contribution in [0.25, 0.3) is 22.1 Å². The van der Waals surface area contributed by atoms with E-state index in [4.69, 9.17) is 20.8 Å². The van der Waals surface area contributed by atoms with Crippen molar-refractivity contribution in [2.45, 2.75) is 38.0 Å². The lowest BCUT2D eigenvalue weighted by atomic mass is 9.84. The summed E-state index contributed by atoms with van der Waals surface area (Å²) in [6, 6.07) is 22.1. The van der Waals surface area contributed by atoms with Crippen LogP contribution in [-0.2, 0) is 4.79 Å². The van der Waals surface area contributed by atoms with Gasteiger partial charge in [-0.05, 0) is 60.7 Å². The predicted molar refractivity (Wildman–Crippen MR) is 139 cm³/mol. The summed E-state index contributed by atoms with van der Waals surface area (Å²) in [7, 11) is 0. The fraction of sp³-hybridized carbons (Fsp3) is 0.241. The molecule has 35 heavy (non-hydrogen) atoms. The maximum absolute atomic E-state index is 12.5. The van der Waals surface area contributed by atoms with Crippen molar-refractivity contribution >= 4 is 34.2 Å². The van der Waals surface area contributed by atoms with Crippen molar-refractivity contribution in [1.82, 2.24) is 0 Å². The van der Waals surface area contributed by atoms with Crippen molar-refractivity contribution < 1.29 is 13.9 Å². The number of carbonyl (C=O) groups is 1. The highest BCUT2D eigenvalue weighted by molar-refractivity contribution is 6.33. The number of ether oxygens (including phenoxy) is 1. The molecule has 1 amide bonds. The lowest BCUT2D eigenvalue weighted by Gasteiger charge is -2.22. The van der Waals surface area contributed by atoms with Crippen LogP contribution in [-0.4, -0.2) is 12.5 Å². The van der Waals surface area contributed by atoms with Crippen molar-refractivity contribution in [3.8, 4) is 16.9 Å². The van der Waals surface area contributed by atoms with Crippen molar-refractivity contribution in [3.05, 3.63) is 93.8 Å². The van der Waals surface area contributed by atoms with E-state index in [9.17, 15) is 9.59 Å². The van der Waals surface area contributed by atoms with Gasteiger partial charge in [-0.25, -0.2) is 4.79 Å². The van der Waals surface area contributed by atoms with Gasteiger partial charge in [-0.2, -0.15) is 0 Å². The van der Waals surface area contributed by atoms with Crippen LogP contribution in [0.5, 0.6) is 5.75 Å². The molecule has 1 N–H and O–H groups in total. The Balaban J connectivity index is 1.21. The van der Waals surface area contributed by atoms with Crippen molar-refractivity contribution in [2.24, 2.45) is 0 Å². The summed E-state index contributed by atoms with van der Waals surface area (Å²) in [6.07, 6.45) is 6.42. The second-order valence-electron chi connectivity index (χ2n) is 8.92. The second kappa shape index (κ2) is 10.4. The molecule has 5 nitrogen and oxygen atoms in total. The number of benzene rings is 3. The van der Waals surface area contributed by atoms with Crippen LogP contribution in [0.4, 0.5) is 5.69 Å². The number of para-hydroxylation sites is 1. The highest BCUT2D eigenvalue weighted by atomic mass is 35.5. The van der Waals surface area contributed by atoms with Crippen LogP contribution >= 0.6 is 11.6 Å². The minimum Gasteiger partial charge on any atom is -0.484 e. The second-order valence-corrected chi connectivity index (χ2v) is 9.33. The summed E-state index contributed by atoms with van der Waals surface area (Å²) < 4.78 is 11.1. The molecule has 0 aliphatic heterocycles. The van der Waals surface area contributed by atoms with Crippen molar-refractivity contribution in [3.63, 3.8) is 0 Å². The van der Waals surface area contributed by atoms with Gasteiger partial charge in [0.1, 0.15) is 11.3 Å². The fourth-order valence-electron chi connectivity index (χ4n) is 4.68. The van der Waals surface area contributed by atoms with Gasteiger partial charge in [0.15, 0.2) is 6.61 Å². The monoisotopic (exact) mass is 487 g/mol. The molecule has 1 aliphatic carbocycles. The molecule has 5 rings (SSSR count). The summed E-state index contributed by atoms with van der Waals surface area (Å²) in [5.74, 6) is 1.00. The summed E-state index contributed by atoms with van der Waals surface area (Å²) in [5.41, 5.74) is 2.82. The molecule has 1 aliphatic rings. The Bertz CT molecular complexity index is 1400. The van der Waals surface area contributed by atoms with Crippen LogP contribution in [0.15, 0.2) is 82.0 Å². The zero-order valence-corrected chi connectivity index (χ0v) is 20.0. The first-order chi connectivity index (χ1) is 17.1. The van der Waals surface area contributed by atoms with Crippen LogP contribution < -0.4 is 15.7 Å². The zero-order chi connectivity index (χ0) is 24.2. The number of fused-ring (bicyclic) bond motifs is 1. The van der Waals surface area contributed by atoms with Crippen molar-refractivity contribution in [1.29, 1.82) is 0 Å². The van der Waals surface area contributed by atoms with E-state index in [0.29, 0.717) is 39.1 Å². The molecule has 1 fully saturated rings. The normalized spacial score (nSPS) is 14.1. The van der Waals surface area contributed by atoms with Gasteiger partial charge >= 0.3 is 5.63 Å². The van der Waals surface area contributed by atoms with Crippen LogP contribution in [0.1, 0.15) is 43.6 Å². The molecular formula is C29H26ClNO4. The molecule has 0 bridgehead atoms. The molecule has 0 atom stereocenters. The van der Waals surface area contributed by atoms with E-state index in [1.807, 2.05) is 30.3 Å². The number of rotatable bonds is 6. The first-order valence-electron chi connectivity index (χ1n) is 11.9. The van der Waals surface area contributed by atoms with Gasteiger partial charge in [-0.1, -0.05) is 67.3 Å². The number of hydrogen-bond acceptors (Lipinski definition) is 4. The molecule has 1 heterocycles. The van der Waals surface area contributed by atoms with E-state index in [-0.39, 0.29) is 12.5 Å². The molecule has 3 aromatic carbocycles. The summed E-state index contributed by atoms with van der Waals surface area (Å²) in [4.78, 5) is 24.9. The van der Waals surface area contributed by atoms with E-state index in [1.165, 1.54) is 37.7 Å². The average Bonchev–Trinajstić information content (AvgIpc) is 2.88. The number of halogens is 1. The smallest absolute Gasteiger partial charge is 0.344 e. The van der Waals surface area contributed by atoms with E-state index in [1.54, 1.807) is 30.3 Å². The van der Waals surface area contributed by atoms with Crippen LogP contribution in [0, 0.1) is 0 Å². The Labute approximate surface area is 208 Å². The molecule has 6 heteroatoms. The van der Waals surface area contributed by atoms with Gasteiger partial charge in [0, 0.05) is 16.6 Å². The van der Waals surface area contributed by atoms with Gasteiger partial charge in [-0.3, -0.25) is 4.79 Å². The summed E-state index contributed by atoms with van der Waals surface area (Å²) in [6.45, 7) is -0.115. The van der Waals surface area contributed by atoms with Crippen LogP contribution in [0.2, 0.25) is 5.02 Å². The Morgan fingerprint density at radius 2 is 1.71 bits per heavy atom. The van der Waals surface area contributed by atoms with Gasteiger partial charge in [0.05, 0.1) is 10.6 Å². The molecule has 0 unspecified atom stereocenters. The highest BCUT2D eigenvalue weighted by Crippen LogP contribution is 2.33. The molecule has 1 saturated carbocycles. The first-order valence-corrected chi connectivity index (χ1v) is 12.3. The van der Waals surface area contributed by atoms with Gasteiger partial charge < -0.3 is 14.5 Å². The van der Waals surface area contributed by atoms with E-state index < -0.39 is 5.63 Å². The zero-order valence-electron chi connectivity index (χ0n) is 19.3. The third-order valence-corrected chi connectivity index (χ3v) is 6.82. The van der Waals surface area contributed by atoms with Gasteiger partial charge in [-0.15, -0.1) is 0 Å². The molecule has 178 valence electrons. The van der Waals surface area contributed by atoms with Gasteiger partial charge in [0.25, 0.3) is 5.91 Å². The third-order valence-electron chi connectivity index (χ3n) is 6.51. The summed E-state index contributed by atoms with van der Waals surface area (Å²) in [5, 5.41) is 3.93. The van der Waals surface area contributed by atoms with E-state index >= 15 is 0 Å². The molecule has 4 aromatic rings. The molecular weight excluding hydrogens is 462 g/mol. The quantitative estimate of drug-likeness (QED) is 0.292. The fourth-order valence-corrected chi connectivity index (χ4v) is 4.96. The lowest BCUT2D eigenvalue weighted by Crippen LogP contribution is -2.20. The lowest BCUT2D eigenvalue weighted by molar-refractivity contribution is -0.118. The molecule has 0 radical (unpaired) electrons. The Morgan fingerprint density at radius 1 is 0.943 bits per heavy atom. The molecule has 0 spiro atoms. The largest absolute Gasteiger partial charge is 0.484 e. The highest BCUT2D eigenvalue weighted by Gasteiger charge is 2.16. The average molecular weight is 488 g/mol. The maximum Gasteiger partial charge on any atom is 0.344 e. The van der Waals surface area contributed by atoms with Crippen LogP contribution in [0.3, 0.4) is 0 Å². The number of amides is 1. The number of nitrogens with one attached hydrogen (secondary N) is 1. The number of hydrogen-bond donors (Lipinski definition) is 1. The predicted octanol–water partition coefficient (Wildman–Crippen LogP) is 7.18. The number of carbonyl (C=O) groups excluding carboxylic acids is 1. The maximum atomic E-state index is 12.5. The van der Waals surface area contributed by atoms with Gasteiger partial charge in [0.2, 0.25) is 0 Å². The van der Waals surface area contributed by atoms with E-state index in [2.05, 4.69) is 17.4 Å². The Morgan fingerprint density at radius 3 is 2.49 bits per heavy atom. The summed E-state index contributed by atoms with van der Waals surface area (Å²) >= 11 is 6.46. The Kier molecular flexibility index (Phi) is 6.87. The Hall–Kier alpha value is -3.57.